The Balaban J connectivity index is 1.83. The van der Waals surface area contributed by atoms with E-state index in [1.165, 1.54) is 26.4 Å². The summed E-state index contributed by atoms with van der Waals surface area (Å²) in [5.41, 5.74) is -2.59. The first-order valence-electron chi connectivity index (χ1n) is 13.3. The molecule has 0 aliphatic carbocycles. The predicted molar refractivity (Wildman–Crippen MR) is 145 cm³/mol. The smallest absolute Gasteiger partial charge is 0.200 e. The summed E-state index contributed by atoms with van der Waals surface area (Å²) < 4.78 is 27.4. The lowest BCUT2D eigenvalue weighted by atomic mass is 9.85. The van der Waals surface area contributed by atoms with Gasteiger partial charge in [0.1, 0.15) is 77.6 Å². The lowest BCUT2D eigenvalue weighted by Gasteiger charge is -2.41. The van der Waals surface area contributed by atoms with Crippen molar-refractivity contribution in [2.24, 2.45) is 0 Å². The highest BCUT2D eigenvalue weighted by molar-refractivity contribution is 5.92. The van der Waals surface area contributed by atoms with Gasteiger partial charge in [0.15, 0.2) is 22.5 Å². The zero-order chi connectivity index (χ0) is 32.2. The molecule has 5 rings (SSSR count). The molecule has 3 heterocycles. The van der Waals surface area contributed by atoms with Crippen LogP contribution in [0, 0.1) is 0 Å². The Labute approximate surface area is 247 Å². The van der Waals surface area contributed by atoms with Gasteiger partial charge in [-0.25, -0.2) is 0 Å². The second kappa shape index (κ2) is 12.0. The van der Waals surface area contributed by atoms with E-state index in [0.717, 1.165) is 6.07 Å². The largest absolute Gasteiger partial charge is 0.507 e. The van der Waals surface area contributed by atoms with Gasteiger partial charge in [-0.05, 0) is 12.1 Å². The minimum absolute atomic E-state index is 0.0681. The first kappa shape index (κ1) is 31.7. The monoisotopic (exact) mass is 624 g/mol. The van der Waals surface area contributed by atoms with Crippen molar-refractivity contribution in [1.29, 1.82) is 0 Å². The van der Waals surface area contributed by atoms with Crippen molar-refractivity contribution < 1.29 is 74.4 Å². The quantitative estimate of drug-likeness (QED) is 0.146. The van der Waals surface area contributed by atoms with Crippen molar-refractivity contribution in [3.8, 4) is 40.1 Å². The summed E-state index contributed by atoms with van der Waals surface area (Å²) in [6, 6.07) is 3.53. The van der Waals surface area contributed by atoms with E-state index >= 15 is 0 Å². The minimum atomic E-state index is -2.01. The van der Waals surface area contributed by atoms with Gasteiger partial charge in [-0.1, -0.05) is 0 Å². The van der Waals surface area contributed by atoms with Gasteiger partial charge in [0.2, 0.25) is 5.75 Å². The summed E-state index contributed by atoms with van der Waals surface area (Å²) in [6.07, 6.45) is -16.0. The second-order valence-electron chi connectivity index (χ2n) is 10.5. The van der Waals surface area contributed by atoms with Gasteiger partial charge < -0.3 is 74.4 Å². The zero-order valence-corrected chi connectivity index (χ0v) is 23.3. The van der Waals surface area contributed by atoms with Gasteiger partial charge in [-0.3, -0.25) is 4.79 Å². The van der Waals surface area contributed by atoms with Crippen molar-refractivity contribution in [2.75, 3.05) is 27.4 Å². The zero-order valence-electron chi connectivity index (χ0n) is 23.3. The molecule has 2 fully saturated rings. The summed E-state index contributed by atoms with van der Waals surface area (Å²) in [7, 11) is 2.53. The molecule has 2 aliphatic heterocycles. The fourth-order valence-corrected chi connectivity index (χ4v) is 5.52. The van der Waals surface area contributed by atoms with Crippen molar-refractivity contribution in [2.45, 2.75) is 54.9 Å². The first-order valence-corrected chi connectivity index (χ1v) is 13.3. The minimum Gasteiger partial charge on any atom is -0.507 e. The number of benzene rings is 2. The number of aromatic hydroxyl groups is 3. The molecule has 16 nitrogen and oxygen atoms in total. The fourth-order valence-electron chi connectivity index (χ4n) is 5.52. The van der Waals surface area contributed by atoms with E-state index in [2.05, 4.69) is 0 Å². The number of phenols is 3. The lowest BCUT2D eigenvalue weighted by Crippen LogP contribution is -2.55. The highest BCUT2D eigenvalue weighted by Crippen LogP contribution is 2.51. The second-order valence-corrected chi connectivity index (χ2v) is 10.5. The molecule has 0 spiro atoms. The van der Waals surface area contributed by atoms with E-state index in [1.807, 2.05) is 0 Å². The van der Waals surface area contributed by atoms with Crippen molar-refractivity contribution in [3.05, 3.63) is 39.5 Å². The Morgan fingerprint density at radius 3 is 1.98 bits per heavy atom. The van der Waals surface area contributed by atoms with Crippen LogP contribution in [0.25, 0.3) is 22.3 Å². The Morgan fingerprint density at radius 1 is 0.773 bits per heavy atom. The molecule has 0 radical (unpaired) electrons. The molecule has 2 aromatic carbocycles. The summed E-state index contributed by atoms with van der Waals surface area (Å²) >= 11 is 0. The van der Waals surface area contributed by atoms with Crippen LogP contribution in [0.15, 0.2) is 27.4 Å². The average Bonchev–Trinajstić information content (AvgIpc) is 3.00. The lowest BCUT2D eigenvalue weighted by molar-refractivity contribution is -0.231. The number of fused-ring (bicyclic) bond motifs is 1. The SMILES string of the molecule is COc1cc(-c2cc(=O)c3c(O)c([C@@H]4OC[C@H](O)[C@H](O)C4O)c(O)c([C@@H]4OC(CO)[C@@H](O)[C@H](O)C4O)c3o2)cc(OC)c1O. The van der Waals surface area contributed by atoms with Crippen molar-refractivity contribution in [3.63, 3.8) is 0 Å². The van der Waals surface area contributed by atoms with Crippen LogP contribution >= 0.6 is 0 Å². The molecule has 240 valence electrons. The summed E-state index contributed by atoms with van der Waals surface area (Å²) in [6.45, 7) is -1.39. The summed E-state index contributed by atoms with van der Waals surface area (Å²) in [5, 5.41) is 105. The van der Waals surface area contributed by atoms with Crippen LogP contribution in [0.5, 0.6) is 28.7 Å². The van der Waals surface area contributed by atoms with Gasteiger partial charge in [-0.2, -0.15) is 0 Å². The molecule has 1 aromatic heterocycles. The Morgan fingerprint density at radius 2 is 1.39 bits per heavy atom. The molecule has 44 heavy (non-hydrogen) atoms. The molecule has 0 bridgehead atoms. The highest BCUT2D eigenvalue weighted by atomic mass is 16.5. The number of ether oxygens (including phenoxy) is 4. The number of phenolic OH excluding ortho intramolecular Hbond substituents is 3. The van der Waals surface area contributed by atoms with E-state index in [9.17, 15) is 55.9 Å². The topological polar surface area (TPSA) is 269 Å². The maximum Gasteiger partial charge on any atom is 0.200 e. The van der Waals surface area contributed by atoms with E-state index in [1.54, 1.807) is 0 Å². The maximum absolute atomic E-state index is 13.6. The van der Waals surface area contributed by atoms with Gasteiger partial charge in [-0.15, -0.1) is 0 Å². The predicted octanol–water partition coefficient (Wildman–Crippen LogP) is -1.74. The molecular weight excluding hydrogens is 592 g/mol. The molecule has 2 saturated heterocycles. The van der Waals surface area contributed by atoms with Crippen LogP contribution < -0.4 is 14.9 Å². The van der Waals surface area contributed by atoms with E-state index in [0.29, 0.717) is 0 Å². The molecule has 16 heteroatoms. The van der Waals surface area contributed by atoms with E-state index in [-0.39, 0.29) is 28.6 Å². The Bertz CT molecular complexity index is 1580. The average molecular weight is 625 g/mol. The van der Waals surface area contributed by atoms with Crippen molar-refractivity contribution >= 4 is 11.0 Å². The standard InChI is InChI=1S/C28H32O16/c1-40-12-3-8(4-13(41-2)19(12)33)11-5-9(30)15-21(35)16(27-24(38)18(32)10(31)7-42-27)22(36)17(26(15)43-11)28-25(39)23(37)20(34)14(6-29)44-28/h3-5,10,14,18,20,23-25,27-29,31-39H,6-7H2,1-2H3/t10-,14?,18-,20+,23-,24?,25?,27-,28-/m0/s1. The molecule has 3 aromatic rings. The van der Waals surface area contributed by atoms with Crippen LogP contribution in [0.4, 0.5) is 0 Å². The van der Waals surface area contributed by atoms with Gasteiger partial charge in [0.05, 0.1) is 38.6 Å². The third-order valence-corrected chi connectivity index (χ3v) is 7.92. The third-order valence-electron chi connectivity index (χ3n) is 7.92. The Hall–Kier alpha value is -3.71. The first-order chi connectivity index (χ1) is 20.9. The van der Waals surface area contributed by atoms with Crippen LogP contribution in [0.3, 0.4) is 0 Å². The number of methoxy groups -OCH3 is 2. The van der Waals surface area contributed by atoms with Gasteiger partial charge >= 0.3 is 0 Å². The molecule has 0 amide bonds. The summed E-state index contributed by atoms with van der Waals surface area (Å²) in [5.74, 6) is -2.62. The Kier molecular flexibility index (Phi) is 8.65. The van der Waals surface area contributed by atoms with E-state index in [4.69, 9.17) is 23.4 Å². The number of aliphatic hydroxyl groups is 7. The number of rotatable bonds is 6. The maximum atomic E-state index is 13.6. The molecule has 10 N–H and O–H groups in total. The highest BCUT2D eigenvalue weighted by Gasteiger charge is 2.48. The van der Waals surface area contributed by atoms with E-state index < -0.39 is 107 Å². The third kappa shape index (κ3) is 4.99. The van der Waals surface area contributed by atoms with Crippen LogP contribution in [0.1, 0.15) is 23.3 Å². The van der Waals surface area contributed by atoms with Crippen LogP contribution in [0.2, 0.25) is 0 Å². The van der Waals surface area contributed by atoms with Gasteiger partial charge in [0.25, 0.3) is 0 Å². The summed E-state index contributed by atoms with van der Waals surface area (Å²) in [4.78, 5) is 13.6. The normalized spacial score (nSPS) is 30.8. The molecule has 0 saturated carbocycles. The van der Waals surface area contributed by atoms with Gasteiger partial charge in [0, 0.05) is 11.6 Å². The molecule has 2 aliphatic rings. The number of aliphatic hydroxyl groups excluding tert-OH is 7. The van der Waals surface area contributed by atoms with Crippen LogP contribution in [-0.2, 0) is 9.47 Å². The molecule has 3 unspecified atom stereocenters. The number of hydrogen-bond acceptors (Lipinski definition) is 16. The molecular formula is C28H32O16. The van der Waals surface area contributed by atoms with Crippen LogP contribution in [-0.4, -0.2) is 121 Å². The fraction of sp³-hybridized carbons (Fsp3) is 0.464. The van der Waals surface area contributed by atoms with Crippen molar-refractivity contribution in [1.82, 2.24) is 0 Å². The molecule has 9 atom stereocenters. The number of hydrogen-bond donors (Lipinski definition) is 10.